The van der Waals surface area contributed by atoms with E-state index in [-0.39, 0.29) is 22.6 Å². The molecule has 33 heavy (non-hydrogen) atoms. The fraction of sp³-hybridized carbons (Fsp3) is 0.120. The van der Waals surface area contributed by atoms with Crippen molar-refractivity contribution in [3.05, 3.63) is 95.8 Å². The second-order valence-corrected chi connectivity index (χ2v) is 10.1. The maximum Gasteiger partial charge on any atom is 0.261 e. The number of halogens is 1. The van der Waals surface area contributed by atoms with Crippen LogP contribution in [0.25, 0.3) is 10.8 Å². The van der Waals surface area contributed by atoms with Gasteiger partial charge in [-0.2, -0.15) is 0 Å². The summed E-state index contributed by atoms with van der Waals surface area (Å²) >= 11 is 6.27. The Hall–Kier alpha value is -3.42. The van der Waals surface area contributed by atoms with E-state index in [1.807, 2.05) is 36.4 Å². The smallest absolute Gasteiger partial charge is 0.261 e. The Morgan fingerprint density at radius 1 is 0.970 bits per heavy atom. The summed E-state index contributed by atoms with van der Waals surface area (Å²) in [4.78, 5) is 16.8. The molecule has 1 fully saturated rings. The van der Waals surface area contributed by atoms with Crippen LogP contribution in [0.4, 0.5) is 11.4 Å². The van der Waals surface area contributed by atoms with Gasteiger partial charge in [-0.3, -0.25) is 14.5 Å². The lowest BCUT2D eigenvalue weighted by Gasteiger charge is -2.09. The summed E-state index contributed by atoms with van der Waals surface area (Å²) in [6.45, 7) is 0. The molecule has 4 aromatic rings. The number of aromatic nitrogens is 1. The van der Waals surface area contributed by atoms with Crippen molar-refractivity contribution < 1.29 is 13.2 Å². The molecular formula is C25H20ClN3O3S. The zero-order valence-corrected chi connectivity index (χ0v) is 19.0. The van der Waals surface area contributed by atoms with Crippen molar-refractivity contribution in [2.75, 3.05) is 10.0 Å². The second-order valence-electron chi connectivity index (χ2n) is 8.03. The van der Waals surface area contributed by atoms with E-state index in [0.717, 1.165) is 22.8 Å². The van der Waals surface area contributed by atoms with Gasteiger partial charge in [-0.15, -0.1) is 0 Å². The van der Waals surface area contributed by atoms with E-state index in [1.165, 1.54) is 6.20 Å². The van der Waals surface area contributed by atoms with Crippen molar-refractivity contribution in [2.24, 2.45) is 5.92 Å². The van der Waals surface area contributed by atoms with E-state index in [4.69, 9.17) is 11.6 Å². The van der Waals surface area contributed by atoms with E-state index in [0.29, 0.717) is 16.4 Å². The average molecular weight is 478 g/mol. The molecule has 1 heterocycles. The first-order valence-electron chi connectivity index (χ1n) is 10.4. The van der Waals surface area contributed by atoms with Crippen molar-refractivity contribution in [3.63, 3.8) is 0 Å². The molecule has 0 aliphatic heterocycles. The number of rotatable bonds is 6. The monoisotopic (exact) mass is 477 g/mol. The van der Waals surface area contributed by atoms with Gasteiger partial charge in [0.1, 0.15) is 0 Å². The predicted molar refractivity (Wildman–Crippen MR) is 130 cm³/mol. The highest BCUT2D eigenvalue weighted by Crippen LogP contribution is 2.48. The summed E-state index contributed by atoms with van der Waals surface area (Å²) in [5.41, 5.74) is 2.04. The van der Waals surface area contributed by atoms with Gasteiger partial charge in [-0.25, -0.2) is 8.42 Å². The molecule has 0 radical (unpaired) electrons. The largest absolute Gasteiger partial charge is 0.326 e. The maximum absolute atomic E-state index is 12.8. The van der Waals surface area contributed by atoms with Gasteiger partial charge in [0, 0.05) is 28.2 Å². The first-order chi connectivity index (χ1) is 15.9. The van der Waals surface area contributed by atoms with Crippen LogP contribution in [-0.4, -0.2) is 19.3 Å². The first-order valence-corrected chi connectivity index (χ1v) is 12.3. The zero-order valence-electron chi connectivity index (χ0n) is 17.4. The number of carbonyl (C=O) groups excluding carboxylic acids is 1. The number of nitrogens with one attached hydrogen (secondary N) is 2. The maximum atomic E-state index is 12.8. The van der Waals surface area contributed by atoms with Crippen LogP contribution in [0.15, 0.2) is 90.1 Å². The number of pyridine rings is 1. The second kappa shape index (κ2) is 8.50. The van der Waals surface area contributed by atoms with Crippen LogP contribution in [0.3, 0.4) is 0 Å². The number of fused-ring (bicyclic) bond motifs is 1. The summed E-state index contributed by atoms with van der Waals surface area (Å²) in [7, 11) is -3.71. The third kappa shape index (κ3) is 4.55. The van der Waals surface area contributed by atoms with Crippen LogP contribution in [0.2, 0.25) is 5.02 Å². The molecule has 0 spiro atoms. The molecule has 0 saturated heterocycles. The molecule has 1 aliphatic carbocycles. The fourth-order valence-electron chi connectivity index (χ4n) is 3.93. The van der Waals surface area contributed by atoms with E-state index in [2.05, 4.69) is 15.0 Å². The number of carbonyl (C=O) groups is 1. The summed E-state index contributed by atoms with van der Waals surface area (Å²) in [6, 6.07) is 21.3. The third-order valence-corrected chi connectivity index (χ3v) is 7.48. The Kier molecular flexibility index (Phi) is 5.52. The molecule has 2 N–H and O–H groups in total. The Balaban J connectivity index is 1.25. The average Bonchev–Trinajstić information content (AvgIpc) is 3.61. The van der Waals surface area contributed by atoms with Crippen molar-refractivity contribution in [1.29, 1.82) is 0 Å². The Morgan fingerprint density at radius 2 is 1.79 bits per heavy atom. The van der Waals surface area contributed by atoms with Crippen LogP contribution in [0.1, 0.15) is 17.9 Å². The van der Waals surface area contributed by atoms with Gasteiger partial charge in [0.2, 0.25) is 5.91 Å². The number of benzene rings is 3. The fourth-order valence-corrected chi connectivity index (χ4v) is 5.21. The molecule has 166 valence electrons. The van der Waals surface area contributed by atoms with Crippen molar-refractivity contribution >= 4 is 49.7 Å². The highest BCUT2D eigenvalue weighted by Gasteiger charge is 2.44. The lowest BCUT2D eigenvalue weighted by Crippen LogP contribution is -2.14. The number of nitrogens with zero attached hydrogens (tertiary/aromatic N) is 1. The topological polar surface area (TPSA) is 88.2 Å². The predicted octanol–water partition coefficient (Wildman–Crippen LogP) is 5.43. The van der Waals surface area contributed by atoms with E-state index in [1.54, 1.807) is 42.6 Å². The number of sulfonamides is 1. The molecule has 8 heteroatoms. The Bertz CT molecular complexity index is 1440. The van der Waals surface area contributed by atoms with Gasteiger partial charge in [0.25, 0.3) is 10.0 Å². The van der Waals surface area contributed by atoms with Crippen LogP contribution >= 0.6 is 11.6 Å². The molecule has 6 nitrogen and oxygen atoms in total. The van der Waals surface area contributed by atoms with Gasteiger partial charge >= 0.3 is 0 Å². The van der Waals surface area contributed by atoms with Crippen molar-refractivity contribution in [1.82, 2.24) is 4.98 Å². The minimum Gasteiger partial charge on any atom is -0.326 e. The van der Waals surface area contributed by atoms with Gasteiger partial charge in [-0.05, 0) is 65.8 Å². The summed E-state index contributed by atoms with van der Waals surface area (Å²) in [5, 5.41) is 5.52. The van der Waals surface area contributed by atoms with E-state index in [9.17, 15) is 13.2 Å². The highest BCUT2D eigenvalue weighted by molar-refractivity contribution is 7.92. The Labute approximate surface area is 196 Å². The normalized spacial score (nSPS) is 17.5. The minimum absolute atomic E-state index is 0.0543. The van der Waals surface area contributed by atoms with Gasteiger partial charge in [-0.1, -0.05) is 41.9 Å². The third-order valence-electron chi connectivity index (χ3n) is 5.76. The molecule has 5 rings (SSSR count). The summed E-state index contributed by atoms with van der Waals surface area (Å²) in [6.07, 6.45) is 3.74. The summed E-state index contributed by atoms with van der Waals surface area (Å²) in [5.74, 6) is -0.138. The molecule has 1 saturated carbocycles. The highest BCUT2D eigenvalue weighted by atomic mass is 35.5. The molecule has 2 atom stereocenters. The van der Waals surface area contributed by atoms with Crippen LogP contribution in [0.5, 0.6) is 0 Å². The van der Waals surface area contributed by atoms with Gasteiger partial charge in [0.15, 0.2) is 0 Å². The number of hydrogen-bond acceptors (Lipinski definition) is 4. The van der Waals surface area contributed by atoms with Crippen LogP contribution in [0, 0.1) is 5.92 Å². The van der Waals surface area contributed by atoms with E-state index < -0.39 is 10.0 Å². The molecule has 1 amide bonds. The lowest BCUT2D eigenvalue weighted by atomic mass is 10.1. The van der Waals surface area contributed by atoms with E-state index >= 15 is 0 Å². The van der Waals surface area contributed by atoms with Gasteiger partial charge in [0.05, 0.1) is 16.8 Å². The number of amides is 1. The molecule has 3 aromatic carbocycles. The quantitative estimate of drug-likeness (QED) is 0.387. The van der Waals surface area contributed by atoms with Gasteiger partial charge < -0.3 is 5.32 Å². The summed E-state index contributed by atoms with van der Waals surface area (Å²) < 4.78 is 27.7. The van der Waals surface area contributed by atoms with Crippen molar-refractivity contribution in [2.45, 2.75) is 17.2 Å². The molecular weight excluding hydrogens is 458 g/mol. The zero-order chi connectivity index (χ0) is 23.0. The molecule has 1 unspecified atom stereocenters. The first kappa shape index (κ1) is 21.4. The number of anilines is 2. The standard InChI is InChI=1S/C25H20ClN3O3S/c26-24-5-1-3-16-6-9-18(13-22(16)24)28-25(30)23-14-21(23)17-7-10-20(11-8-17)33(31,32)29-19-4-2-12-27-15-19/h1-13,15,21,23,29H,14H2,(H,28,30)/t21?,23-/m1/s1. The molecule has 1 aromatic heterocycles. The Morgan fingerprint density at radius 3 is 2.55 bits per heavy atom. The van der Waals surface area contributed by atoms with Crippen LogP contribution < -0.4 is 10.0 Å². The molecule has 1 aliphatic rings. The minimum atomic E-state index is -3.71. The van der Waals surface area contributed by atoms with Crippen molar-refractivity contribution in [3.8, 4) is 0 Å². The lowest BCUT2D eigenvalue weighted by molar-refractivity contribution is -0.117. The number of hydrogen-bond donors (Lipinski definition) is 2. The molecule has 0 bridgehead atoms. The SMILES string of the molecule is O=C(Nc1ccc2cccc(Cl)c2c1)[C@@H]1CC1c1ccc(S(=O)(=O)Nc2cccnc2)cc1. The van der Waals surface area contributed by atoms with Crippen LogP contribution in [-0.2, 0) is 14.8 Å².